The van der Waals surface area contributed by atoms with E-state index in [1.54, 1.807) is 0 Å². The number of aryl methyl sites for hydroxylation is 1. The quantitative estimate of drug-likeness (QED) is 0.405. The monoisotopic (exact) mass is 513 g/mol. The normalized spacial score (nSPS) is 21.3. The lowest BCUT2D eigenvalue weighted by molar-refractivity contribution is 0.0281. The fourth-order valence-electron chi connectivity index (χ4n) is 4.65. The van der Waals surface area contributed by atoms with Gasteiger partial charge in [-0.2, -0.15) is 5.10 Å². The van der Waals surface area contributed by atoms with Crippen molar-refractivity contribution in [1.29, 1.82) is 0 Å². The van der Waals surface area contributed by atoms with Crippen LogP contribution in [0, 0.1) is 0 Å². The topological polar surface area (TPSA) is 47.5 Å². The number of hydrogen-bond donors (Lipinski definition) is 0. The fraction of sp³-hybridized carbons (Fsp3) is 0.615. The van der Waals surface area contributed by atoms with Gasteiger partial charge in [-0.05, 0) is 69.7 Å². The number of nitrogens with zero attached hydrogens (tertiary/aromatic N) is 3. The first-order chi connectivity index (χ1) is 15.6. The summed E-state index contributed by atoms with van der Waals surface area (Å²) >= 11 is 0. The Morgan fingerprint density at radius 3 is 2.41 bits per heavy atom. The zero-order chi connectivity index (χ0) is 22.3. The van der Waals surface area contributed by atoms with Crippen LogP contribution in [0.5, 0.6) is 11.6 Å². The van der Waals surface area contributed by atoms with Gasteiger partial charge < -0.3 is 14.4 Å². The van der Waals surface area contributed by atoms with Crippen LogP contribution in [0.15, 0.2) is 30.3 Å². The molecule has 2 aromatic rings. The molecule has 4 rings (SSSR count). The third-order valence-corrected chi connectivity index (χ3v) is 6.59. The Morgan fingerprint density at radius 1 is 1.00 bits per heavy atom. The molecule has 8 heteroatoms. The van der Waals surface area contributed by atoms with E-state index in [0.29, 0.717) is 24.9 Å². The van der Waals surface area contributed by atoms with E-state index < -0.39 is 12.3 Å². The maximum absolute atomic E-state index is 14.5. The highest BCUT2D eigenvalue weighted by atomic mass is 35.5. The molecule has 1 aliphatic heterocycles. The number of halogens is 3. The Balaban J connectivity index is 0.00000204. The molecule has 0 spiro atoms. The third kappa shape index (κ3) is 7.69. The van der Waals surface area contributed by atoms with Crippen molar-refractivity contribution in [3.05, 3.63) is 36.0 Å². The van der Waals surface area contributed by atoms with Crippen LogP contribution in [0.4, 0.5) is 4.39 Å². The molecule has 1 saturated heterocycles. The number of unbranched alkanes of at least 4 members (excludes halogenated alkanes) is 1. The Labute approximate surface area is 215 Å². The first kappa shape index (κ1) is 28.6. The number of piperidine rings is 1. The summed E-state index contributed by atoms with van der Waals surface area (Å²) in [6, 6.07) is 10.2. The summed E-state index contributed by atoms with van der Waals surface area (Å²) in [6.45, 7) is 3.38. The highest BCUT2D eigenvalue weighted by Gasteiger charge is 2.30. The molecule has 1 aromatic heterocycles. The van der Waals surface area contributed by atoms with Crippen LogP contribution in [-0.2, 0) is 6.42 Å². The predicted octanol–water partition coefficient (Wildman–Crippen LogP) is 6.46. The lowest BCUT2D eigenvalue weighted by Gasteiger charge is -2.32. The summed E-state index contributed by atoms with van der Waals surface area (Å²) in [5.74, 6) is 1.32. The van der Waals surface area contributed by atoms with Gasteiger partial charge in [0.25, 0.3) is 0 Å². The van der Waals surface area contributed by atoms with E-state index in [0.717, 1.165) is 61.2 Å². The first-order valence-corrected chi connectivity index (χ1v) is 12.3. The molecular weight excluding hydrogens is 476 g/mol. The number of rotatable bonds is 8. The van der Waals surface area contributed by atoms with E-state index in [2.05, 4.69) is 29.3 Å². The van der Waals surface area contributed by atoms with E-state index in [1.165, 1.54) is 19.3 Å². The Hall–Kier alpha value is -1.63. The molecule has 5 nitrogen and oxygen atoms in total. The molecule has 2 atom stereocenters. The predicted molar refractivity (Wildman–Crippen MR) is 140 cm³/mol. The number of hydrogen-bond acceptors (Lipinski definition) is 5. The van der Waals surface area contributed by atoms with Gasteiger partial charge in [-0.25, -0.2) is 4.39 Å². The second kappa shape index (κ2) is 14.1. The maximum atomic E-state index is 14.5. The molecule has 190 valence electrons. The summed E-state index contributed by atoms with van der Waals surface area (Å²) in [4.78, 5) is 1.99. The van der Waals surface area contributed by atoms with E-state index >= 15 is 0 Å². The molecule has 0 unspecified atom stereocenters. The average Bonchev–Trinajstić information content (AvgIpc) is 2.81. The molecule has 1 aromatic carbocycles. The standard InChI is InChI=1S/C26H36FN3O2.2ClH/c1-3-4-10-24-22(17-26(29-28-24)32-25-15-16-30(2)18-23(25)27)19-11-13-21(14-12-19)31-20-8-6-5-7-9-20;;/h11-14,17,20,23,25H,3-10,15-16,18H2,1-2H3;2*1H/t23-,25+;;/m0../s1. The van der Waals surface area contributed by atoms with Crippen molar-refractivity contribution in [2.45, 2.75) is 83.1 Å². The minimum atomic E-state index is -1.02. The molecule has 0 amide bonds. The molecule has 2 fully saturated rings. The second-order valence-corrected chi connectivity index (χ2v) is 9.27. The number of alkyl halides is 1. The van der Waals surface area contributed by atoms with Gasteiger partial charge in [-0.15, -0.1) is 29.9 Å². The summed E-state index contributed by atoms with van der Waals surface area (Å²) in [6.07, 6.45) is 8.61. The van der Waals surface area contributed by atoms with Crippen molar-refractivity contribution in [3.8, 4) is 22.8 Å². The van der Waals surface area contributed by atoms with Crippen molar-refractivity contribution in [2.24, 2.45) is 0 Å². The lowest BCUT2D eigenvalue weighted by Crippen LogP contribution is -2.45. The Morgan fingerprint density at radius 2 is 1.74 bits per heavy atom. The van der Waals surface area contributed by atoms with Gasteiger partial charge in [0.05, 0.1) is 11.8 Å². The van der Waals surface area contributed by atoms with Crippen LogP contribution in [0.1, 0.15) is 64.0 Å². The Kier molecular flexibility index (Phi) is 11.8. The fourth-order valence-corrected chi connectivity index (χ4v) is 4.65. The van der Waals surface area contributed by atoms with Crippen molar-refractivity contribution in [1.82, 2.24) is 15.1 Å². The maximum Gasteiger partial charge on any atom is 0.234 e. The molecule has 34 heavy (non-hydrogen) atoms. The summed E-state index contributed by atoms with van der Waals surface area (Å²) in [7, 11) is 1.94. The SMILES string of the molecule is CCCCc1nnc(O[C@@H]2CCN(C)C[C@@H]2F)cc1-c1ccc(OC2CCCCC2)cc1.Cl.Cl. The second-order valence-electron chi connectivity index (χ2n) is 9.27. The van der Waals surface area contributed by atoms with Crippen molar-refractivity contribution >= 4 is 24.8 Å². The number of benzene rings is 1. The molecule has 1 saturated carbocycles. The van der Waals surface area contributed by atoms with E-state index in [9.17, 15) is 4.39 Å². The molecule has 1 aliphatic carbocycles. The van der Waals surface area contributed by atoms with E-state index in [-0.39, 0.29) is 24.8 Å². The molecular formula is C26H38Cl2FN3O2. The summed E-state index contributed by atoms with van der Waals surface area (Å²) in [5.41, 5.74) is 3.03. The number of likely N-dealkylation sites (tertiary alicyclic amines) is 1. The van der Waals surface area contributed by atoms with Gasteiger partial charge in [0.15, 0.2) is 0 Å². The van der Waals surface area contributed by atoms with E-state index in [4.69, 9.17) is 9.47 Å². The smallest absolute Gasteiger partial charge is 0.234 e. The summed E-state index contributed by atoms with van der Waals surface area (Å²) in [5, 5.41) is 8.76. The first-order valence-electron chi connectivity index (χ1n) is 12.3. The van der Waals surface area contributed by atoms with Gasteiger partial charge in [0.1, 0.15) is 18.0 Å². The average molecular weight is 515 g/mol. The lowest BCUT2D eigenvalue weighted by atomic mass is 9.97. The van der Waals surface area contributed by atoms with Crippen LogP contribution in [0.2, 0.25) is 0 Å². The largest absolute Gasteiger partial charge is 0.490 e. The zero-order valence-corrected chi connectivity index (χ0v) is 21.9. The summed E-state index contributed by atoms with van der Waals surface area (Å²) < 4.78 is 26.6. The Bertz CT molecular complexity index is 866. The highest BCUT2D eigenvalue weighted by Crippen LogP contribution is 2.30. The van der Waals surface area contributed by atoms with E-state index in [1.807, 2.05) is 30.1 Å². The van der Waals surface area contributed by atoms with Crippen LogP contribution in [0.3, 0.4) is 0 Å². The molecule has 2 heterocycles. The molecule has 0 radical (unpaired) electrons. The van der Waals surface area contributed by atoms with Gasteiger partial charge in [0, 0.05) is 24.7 Å². The van der Waals surface area contributed by atoms with Crippen LogP contribution in [0.25, 0.3) is 11.1 Å². The zero-order valence-electron chi connectivity index (χ0n) is 20.2. The van der Waals surface area contributed by atoms with Crippen molar-refractivity contribution in [2.75, 3.05) is 20.1 Å². The van der Waals surface area contributed by atoms with Crippen molar-refractivity contribution < 1.29 is 13.9 Å². The van der Waals surface area contributed by atoms with Gasteiger partial charge >= 0.3 is 0 Å². The highest BCUT2D eigenvalue weighted by molar-refractivity contribution is 5.85. The van der Waals surface area contributed by atoms with Gasteiger partial charge in [0.2, 0.25) is 5.88 Å². The third-order valence-electron chi connectivity index (χ3n) is 6.59. The molecule has 0 N–H and O–H groups in total. The van der Waals surface area contributed by atoms with Crippen molar-refractivity contribution in [3.63, 3.8) is 0 Å². The van der Waals surface area contributed by atoms with Gasteiger partial charge in [-0.3, -0.25) is 0 Å². The molecule has 2 aliphatic rings. The van der Waals surface area contributed by atoms with Gasteiger partial charge in [-0.1, -0.05) is 31.9 Å². The van der Waals surface area contributed by atoms with Crippen LogP contribution in [-0.4, -0.2) is 53.6 Å². The molecule has 0 bridgehead atoms. The van der Waals surface area contributed by atoms with Crippen LogP contribution < -0.4 is 9.47 Å². The minimum absolute atomic E-state index is 0. The number of ether oxygens (including phenoxy) is 2. The number of aromatic nitrogens is 2. The minimum Gasteiger partial charge on any atom is -0.490 e. The van der Waals surface area contributed by atoms with Crippen LogP contribution >= 0.6 is 24.8 Å².